The molecule has 2 N–H and O–H groups in total. The van der Waals surface area contributed by atoms with Crippen LogP contribution in [0.25, 0.3) is 0 Å². The first-order valence-corrected chi connectivity index (χ1v) is 9.57. The molecule has 2 aliphatic heterocycles. The van der Waals surface area contributed by atoms with Crippen LogP contribution in [0.5, 0.6) is 0 Å². The molecule has 27 heavy (non-hydrogen) atoms. The molecular weight excluding hydrogens is 346 g/mol. The standard InChI is InChI=1S/C20H21N3O4/c24-16-6-5-15(17(25)22-16)23-10-11-1-4-13(9-14(11)18(23)26)21-19(27)20(7-8-20)12-2-3-12/h1,4,9,12,15H,2-3,5-8,10H2,(H,21,27)(H,22,24,25). The molecule has 5 rings (SSSR count). The topological polar surface area (TPSA) is 95.6 Å². The maximum absolute atomic E-state index is 12.8. The molecule has 0 spiro atoms. The van der Waals surface area contributed by atoms with Gasteiger partial charge in [0.25, 0.3) is 5.91 Å². The van der Waals surface area contributed by atoms with Gasteiger partial charge in [-0.15, -0.1) is 0 Å². The van der Waals surface area contributed by atoms with Crippen molar-refractivity contribution >= 4 is 29.3 Å². The predicted molar refractivity (Wildman–Crippen MR) is 95.5 cm³/mol. The number of imide groups is 1. The lowest BCUT2D eigenvalue weighted by Crippen LogP contribution is -2.52. The number of carbonyl (C=O) groups is 4. The number of carbonyl (C=O) groups excluding carboxylic acids is 4. The molecule has 1 saturated heterocycles. The van der Waals surface area contributed by atoms with Crippen LogP contribution in [0.3, 0.4) is 0 Å². The van der Waals surface area contributed by atoms with E-state index in [1.54, 1.807) is 6.07 Å². The number of hydrogen-bond donors (Lipinski definition) is 2. The van der Waals surface area contributed by atoms with E-state index in [0.717, 1.165) is 31.2 Å². The lowest BCUT2D eigenvalue weighted by atomic mass is 9.99. The monoisotopic (exact) mass is 367 g/mol. The summed E-state index contributed by atoms with van der Waals surface area (Å²) in [5.41, 5.74) is 1.81. The van der Waals surface area contributed by atoms with Crippen LogP contribution in [0, 0.1) is 11.3 Å². The fraction of sp³-hybridized carbons (Fsp3) is 0.500. The van der Waals surface area contributed by atoms with E-state index in [1.807, 2.05) is 12.1 Å². The maximum atomic E-state index is 12.8. The summed E-state index contributed by atoms with van der Waals surface area (Å²) in [6.07, 6.45) is 4.76. The highest BCUT2D eigenvalue weighted by Gasteiger charge is 2.59. The molecule has 4 aliphatic rings. The van der Waals surface area contributed by atoms with Crippen molar-refractivity contribution in [3.05, 3.63) is 29.3 Å². The van der Waals surface area contributed by atoms with Gasteiger partial charge in [-0.3, -0.25) is 24.5 Å². The van der Waals surface area contributed by atoms with E-state index in [2.05, 4.69) is 10.6 Å². The summed E-state index contributed by atoms with van der Waals surface area (Å²) in [4.78, 5) is 50.5. The fourth-order valence-corrected chi connectivity index (χ4v) is 4.48. The van der Waals surface area contributed by atoms with Crippen LogP contribution in [0.4, 0.5) is 5.69 Å². The molecule has 2 heterocycles. The van der Waals surface area contributed by atoms with Crippen molar-refractivity contribution in [2.75, 3.05) is 5.32 Å². The van der Waals surface area contributed by atoms with Gasteiger partial charge >= 0.3 is 0 Å². The summed E-state index contributed by atoms with van der Waals surface area (Å²) in [7, 11) is 0. The molecule has 0 radical (unpaired) electrons. The van der Waals surface area contributed by atoms with Crippen LogP contribution < -0.4 is 10.6 Å². The third-order valence-electron chi connectivity index (χ3n) is 6.39. The van der Waals surface area contributed by atoms with Crippen molar-refractivity contribution in [2.45, 2.75) is 51.1 Å². The number of fused-ring (bicyclic) bond motifs is 1. The first kappa shape index (κ1) is 16.5. The Morgan fingerprint density at radius 1 is 1.15 bits per heavy atom. The minimum absolute atomic E-state index is 0.0671. The van der Waals surface area contributed by atoms with Crippen LogP contribution in [0.1, 0.15) is 54.4 Å². The summed E-state index contributed by atoms with van der Waals surface area (Å²) in [6, 6.07) is 4.75. The summed E-state index contributed by atoms with van der Waals surface area (Å²) < 4.78 is 0. The highest BCUT2D eigenvalue weighted by molar-refractivity contribution is 6.06. The van der Waals surface area contributed by atoms with Gasteiger partial charge in [0.2, 0.25) is 17.7 Å². The normalized spacial score (nSPS) is 25.9. The van der Waals surface area contributed by atoms with Crippen LogP contribution in [0.2, 0.25) is 0 Å². The Bertz CT molecular complexity index is 885. The molecule has 2 saturated carbocycles. The molecule has 1 atom stereocenters. The number of nitrogens with one attached hydrogen (secondary N) is 2. The van der Waals surface area contributed by atoms with Crippen molar-refractivity contribution in [2.24, 2.45) is 11.3 Å². The van der Waals surface area contributed by atoms with Crippen molar-refractivity contribution < 1.29 is 19.2 Å². The van der Waals surface area contributed by atoms with Gasteiger partial charge in [-0.1, -0.05) is 6.07 Å². The molecule has 0 aromatic heterocycles. The first-order chi connectivity index (χ1) is 13.0. The van der Waals surface area contributed by atoms with Gasteiger partial charge in [-0.05, 0) is 55.7 Å². The minimum Gasteiger partial charge on any atom is -0.326 e. The van der Waals surface area contributed by atoms with Crippen molar-refractivity contribution in [3.63, 3.8) is 0 Å². The number of anilines is 1. The molecule has 7 heteroatoms. The molecule has 1 unspecified atom stereocenters. The number of rotatable bonds is 4. The van der Waals surface area contributed by atoms with E-state index >= 15 is 0 Å². The van der Waals surface area contributed by atoms with E-state index in [4.69, 9.17) is 0 Å². The van der Waals surface area contributed by atoms with Crippen molar-refractivity contribution in [3.8, 4) is 0 Å². The van der Waals surface area contributed by atoms with E-state index in [1.165, 1.54) is 4.90 Å². The van der Waals surface area contributed by atoms with Crippen molar-refractivity contribution in [1.29, 1.82) is 0 Å². The zero-order valence-corrected chi connectivity index (χ0v) is 14.9. The summed E-state index contributed by atoms with van der Waals surface area (Å²) in [5.74, 6) is -0.343. The predicted octanol–water partition coefficient (Wildman–Crippen LogP) is 1.58. The smallest absolute Gasteiger partial charge is 0.255 e. The van der Waals surface area contributed by atoms with Gasteiger partial charge in [0.05, 0.1) is 5.41 Å². The average Bonchev–Trinajstić information content (AvgIpc) is 3.53. The van der Waals surface area contributed by atoms with E-state index in [0.29, 0.717) is 30.1 Å². The van der Waals surface area contributed by atoms with Gasteiger partial charge in [0.1, 0.15) is 6.04 Å². The molecule has 140 valence electrons. The van der Waals surface area contributed by atoms with E-state index < -0.39 is 11.9 Å². The van der Waals surface area contributed by atoms with Gasteiger partial charge in [-0.25, -0.2) is 0 Å². The van der Waals surface area contributed by atoms with Crippen LogP contribution in [0.15, 0.2) is 18.2 Å². The largest absolute Gasteiger partial charge is 0.326 e. The van der Waals surface area contributed by atoms with Gasteiger partial charge < -0.3 is 10.2 Å². The van der Waals surface area contributed by atoms with Gasteiger partial charge in [0.15, 0.2) is 0 Å². The third-order valence-corrected chi connectivity index (χ3v) is 6.39. The Morgan fingerprint density at radius 3 is 2.59 bits per heavy atom. The Balaban J connectivity index is 1.33. The summed E-state index contributed by atoms with van der Waals surface area (Å²) in [6.45, 7) is 0.348. The number of benzene rings is 1. The highest BCUT2D eigenvalue weighted by atomic mass is 16.2. The van der Waals surface area contributed by atoms with Crippen LogP contribution >= 0.6 is 0 Å². The fourth-order valence-electron chi connectivity index (χ4n) is 4.48. The second kappa shape index (κ2) is 5.65. The van der Waals surface area contributed by atoms with E-state index in [9.17, 15) is 19.2 Å². The molecule has 2 aliphatic carbocycles. The summed E-state index contributed by atoms with van der Waals surface area (Å²) >= 11 is 0. The molecular formula is C20H21N3O4. The second-order valence-corrected chi connectivity index (χ2v) is 8.16. The summed E-state index contributed by atoms with van der Waals surface area (Å²) in [5, 5.41) is 5.29. The SMILES string of the molecule is O=C1CCC(N2Cc3ccc(NC(=O)C4(C5CC5)CC4)cc3C2=O)C(=O)N1. The molecule has 4 amide bonds. The maximum Gasteiger partial charge on any atom is 0.255 e. The van der Waals surface area contributed by atoms with Crippen molar-refractivity contribution in [1.82, 2.24) is 10.2 Å². The van der Waals surface area contributed by atoms with Gasteiger partial charge in [0, 0.05) is 24.2 Å². The Labute approximate surface area is 156 Å². The number of nitrogens with zero attached hydrogens (tertiary/aromatic N) is 1. The zero-order chi connectivity index (χ0) is 18.8. The van der Waals surface area contributed by atoms with Gasteiger partial charge in [-0.2, -0.15) is 0 Å². The van der Waals surface area contributed by atoms with Crippen LogP contribution in [-0.2, 0) is 20.9 Å². The number of amides is 4. The number of piperidine rings is 1. The second-order valence-electron chi connectivity index (χ2n) is 8.16. The molecule has 7 nitrogen and oxygen atoms in total. The Morgan fingerprint density at radius 2 is 1.93 bits per heavy atom. The first-order valence-electron chi connectivity index (χ1n) is 9.57. The zero-order valence-electron chi connectivity index (χ0n) is 14.9. The van der Waals surface area contributed by atoms with Crippen LogP contribution in [-0.4, -0.2) is 34.6 Å². The molecule has 1 aromatic rings. The highest BCUT2D eigenvalue weighted by Crippen LogP contribution is 2.61. The lowest BCUT2D eigenvalue weighted by molar-refractivity contribution is -0.137. The third kappa shape index (κ3) is 2.64. The molecule has 0 bridgehead atoms. The Kier molecular flexibility index (Phi) is 3.44. The number of hydrogen-bond acceptors (Lipinski definition) is 4. The molecule has 3 fully saturated rings. The quantitative estimate of drug-likeness (QED) is 0.790. The Hall–Kier alpha value is -2.70. The lowest BCUT2D eigenvalue weighted by Gasteiger charge is -2.29. The van der Waals surface area contributed by atoms with E-state index in [-0.39, 0.29) is 29.6 Å². The molecule has 1 aromatic carbocycles. The minimum atomic E-state index is -0.620. The average molecular weight is 367 g/mol.